The van der Waals surface area contributed by atoms with Crippen molar-refractivity contribution in [2.24, 2.45) is 0 Å². The van der Waals surface area contributed by atoms with E-state index in [9.17, 15) is 25.5 Å². The summed E-state index contributed by atoms with van der Waals surface area (Å²) in [4.78, 5) is 0. The molecule has 1 atom stereocenters. The number of ether oxygens (including phenoxy) is 1. The first-order valence-corrected chi connectivity index (χ1v) is 4.03. The summed E-state index contributed by atoms with van der Waals surface area (Å²) in [5.74, 6) is -5.65. The van der Waals surface area contributed by atoms with Crippen LogP contribution < -0.4 is 0 Å². The Kier molecular flexibility index (Phi) is 2.91. The van der Waals surface area contributed by atoms with Crippen LogP contribution in [0.3, 0.4) is 0 Å². The Morgan fingerprint density at radius 3 is 2.31 bits per heavy atom. The van der Waals surface area contributed by atoms with E-state index in [2.05, 4.69) is 0 Å². The largest absolute Gasteiger partial charge is 0.387 e. The number of aliphatic hydroxyl groups is 5. The summed E-state index contributed by atoms with van der Waals surface area (Å²) in [7, 11) is 0. The summed E-state index contributed by atoms with van der Waals surface area (Å²) in [5, 5.41) is 46.0. The first-order chi connectivity index (χ1) is 5.88. The maximum Gasteiger partial charge on any atom is 0.245 e. The molecule has 6 heteroatoms. The molecule has 1 rings (SSSR count). The number of rotatable bonds is 0. The second-order valence-electron chi connectivity index (χ2n) is 3.21. The first kappa shape index (κ1) is 10.8. The molecule has 1 aliphatic heterocycles. The second kappa shape index (κ2) is 3.49. The fraction of sp³-hybridized carbons (Fsp3) is 1.00. The summed E-state index contributed by atoms with van der Waals surface area (Å²) in [6.45, 7) is 0.155. The Morgan fingerprint density at radius 2 is 1.69 bits per heavy atom. The van der Waals surface area contributed by atoms with Crippen LogP contribution in [0.1, 0.15) is 12.8 Å². The van der Waals surface area contributed by atoms with Gasteiger partial charge in [-0.1, -0.05) is 0 Å². The first-order valence-electron chi connectivity index (χ1n) is 4.03. The molecule has 0 bridgehead atoms. The van der Waals surface area contributed by atoms with E-state index < -0.39 is 17.7 Å². The van der Waals surface area contributed by atoms with Crippen LogP contribution in [0.5, 0.6) is 0 Å². The van der Waals surface area contributed by atoms with E-state index >= 15 is 0 Å². The molecule has 78 valence electrons. The molecule has 5 N–H and O–H groups in total. The van der Waals surface area contributed by atoms with Crippen molar-refractivity contribution in [3.63, 3.8) is 0 Å². The third kappa shape index (κ3) is 1.98. The van der Waals surface area contributed by atoms with Gasteiger partial charge < -0.3 is 30.3 Å². The molecule has 0 aromatic rings. The van der Waals surface area contributed by atoms with E-state index in [1.54, 1.807) is 0 Å². The van der Waals surface area contributed by atoms with Crippen molar-refractivity contribution in [2.45, 2.75) is 30.5 Å². The summed E-state index contributed by atoms with van der Waals surface area (Å²) in [6.07, 6.45) is -2.06. The van der Waals surface area contributed by atoms with Crippen LogP contribution in [0.4, 0.5) is 0 Å². The fourth-order valence-electron chi connectivity index (χ4n) is 1.16. The van der Waals surface area contributed by atoms with Crippen molar-refractivity contribution >= 4 is 0 Å². The monoisotopic (exact) mass is 194 g/mol. The fourth-order valence-corrected chi connectivity index (χ4v) is 1.16. The molecule has 0 amide bonds. The van der Waals surface area contributed by atoms with E-state index in [1.807, 2.05) is 0 Å². The highest BCUT2D eigenvalue weighted by Gasteiger charge is 2.52. The van der Waals surface area contributed by atoms with Gasteiger partial charge in [0, 0.05) is 19.4 Å². The minimum Gasteiger partial charge on any atom is -0.387 e. The lowest BCUT2D eigenvalue weighted by Gasteiger charge is -2.39. The molecule has 1 fully saturated rings. The normalized spacial score (nSPS) is 33.5. The van der Waals surface area contributed by atoms with E-state index in [4.69, 9.17) is 4.74 Å². The molecule has 0 saturated carbocycles. The average Bonchev–Trinajstić information content (AvgIpc) is 2.01. The molecule has 0 aromatic heterocycles. The molecule has 1 unspecified atom stereocenters. The Bertz CT molecular complexity index is 178. The summed E-state index contributed by atoms with van der Waals surface area (Å²) >= 11 is 0. The zero-order valence-corrected chi connectivity index (χ0v) is 7.05. The van der Waals surface area contributed by atoms with Crippen molar-refractivity contribution in [1.82, 2.24) is 0 Å². The number of aliphatic hydroxyl groups excluding tert-OH is 1. The van der Waals surface area contributed by atoms with Crippen molar-refractivity contribution in [2.75, 3.05) is 13.2 Å². The molecule has 0 aliphatic carbocycles. The van der Waals surface area contributed by atoms with E-state index in [-0.39, 0.29) is 26.1 Å². The average molecular weight is 194 g/mol. The van der Waals surface area contributed by atoms with Crippen LogP contribution in [0, 0.1) is 0 Å². The van der Waals surface area contributed by atoms with E-state index in [0.29, 0.717) is 0 Å². The van der Waals surface area contributed by atoms with Crippen LogP contribution in [-0.4, -0.2) is 56.4 Å². The molecular weight excluding hydrogens is 180 g/mol. The molecule has 6 nitrogen and oxygen atoms in total. The van der Waals surface area contributed by atoms with Crippen LogP contribution in [0.2, 0.25) is 0 Å². The number of hydrogen-bond acceptors (Lipinski definition) is 6. The van der Waals surface area contributed by atoms with Gasteiger partial charge in [-0.25, -0.2) is 0 Å². The van der Waals surface area contributed by atoms with Gasteiger partial charge in [0.05, 0.1) is 6.61 Å². The third-order valence-corrected chi connectivity index (χ3v) is 2.18. The second-order valence-corrected chi connectivity index (χ2v) is 3.21. The molecule has 1 saturated heterocycles. The highest BCUT2D eigenvalue weighted by atomic mass is 16.6. The molecular formula is C7H14O6. The summed E-state index contributed by atoms with van der Waals surface area (Å²) in [6, 6.07) is 0. The highest BCUT2D eigenvalue weighted by Crippen LogP contribution is 2.27. The lowest BCUT2D eigenvalue weighted by Crippen LogP contribution is -2.62. The Hall–Kier alpha value is -0.240. The van der Waals surface area contributed by atoms with E-state index in [0.717, 1.165) is 0 Å². The molecule has 13 heavy (non-hydrogen) atoms. The third-order valence-electron chi connectivity index (χ3n) is 2.18. The zero-order chi connectivity index (χ0) is 10.1. The number of hydrogen-bond donors (Lipinski definition) is 5. The predicted molar refractivity (Wildman–Crippen MR) is 40.4 cm³/mol. The van der Waals surface area contributed by atoms with Crippen molar-refractivity contribution in [1.29, 1.82) is 0 Å². The molecule has 1 aliphatic rings. The van der Waals surface area contributed by atoms with Crippen LogP contribution in [-0.2, 0) is 4.74 Å². The van der Waals surface area contributed by atoms with Gasteiger partial charge in [-0.3, -0.25) is 0 Å². The smallest absolute Gasteiger partial charge is 0.245 e. The lowest BCUT2D eigenvalue weighted by atomic mass is 9.94. The molecule has 0 radical (unpaired) electrons. The van der Waals surface area contributed by atoms with Crippen LogP contribution in [0.25, 0.3) is 0 Å². The maximum absolute atomic E-state index is 9.23. The van der Waals surface area contributed by atoms with Gasteiger partial charge in [-0.15, -0.1) is 0 Å². The van der Waals surface area contributed by atoms with Gasteiger partial charge >= 0.3 is 0 Å². The standard InChI is InChI=1S/C7H14O6/c8-5-1-3-13-4-2-6(9,10)7(5,11)12/h5,8-12H,1-4H2. The minimum atomic E-state index is -2.91. The summed E-state index contributed by atoms with van der Waals surface area (Å²) < 4.78 is 4.87. The van der Waals surface area contributed by atoms with Crippen molar-refractivity contribution in [3.05, 3.63) is 0 Å². The van der Waals surface area contributed by atoms with Crippen molar-refractivity contribution in [3.8, 4) is 0 Å². The topological polar surface area (TPSA) is 110 Å². The highest BCUT2D eigenvalue weighted by molar-refractivity contribution is 4.89. The lowest BCUT2D eigenvalue weighted by molar-refractivity contribution is -0.392. The van der Waals surface area contributed by atoms with Crippen molar-refractivity contribution < 1.29 is 30.3 Å². The molecule has 1 heterocycles. The van der Waals surface area contributed by atoms with Gasteiger partial charge in [0.15, 0.2) is 0 Å². The van der Waals surface area contributed by atoms with Gasteiger partial charge in [0.25, 0.3) is 0 Å². The van der Waals surface area contributed by atoms with Gasteiger partial charge in [-0.2, -0.15) is 0 Å². The van der Waals surface area contributed by atoms with Gasteiger partial charge in [0.1, 0.15) is 6.10 Å². The van der Waals surface area contributed by atoms with Gasteiger partial charge in [-0.05, 0) is 0 Å². The van der Waals surface area contributed by atoms with Gasteiger partial charge in [0.2, 0.25) is 11.6 Å². The summed E-state index contributed by atoms with van der Waals surface area (Å²) in [5.41, 5.74) is 0. The Labute approximate surface area is 75.0 Å². The predicted octanol–water partition coefficient (Wildman–Crippen LogP) is -2.48. The van der Waals surface area contributed by atoms with E-state index in [1.165, 1.54) is 0 Å². The minimum absolute atomic E-state index is 0.00257. The Morgan fingerprint density at radius 1 is 1.08 bits per heavy atom. The zero-order valence-electron chi connectivity index (χ0n) is 7.05. The molecule has 0 spiro atoms. The quantitative estimate of drug-likeness (QED) is 0.273. The molecule has 0 aromatic carbocycles. The SMILES string of the molecule is OC1CCOCCC(O)(O)C1(O)O. The Balaban J connectivity index is 2.81. The van der Waals surface area contributed by atoms with Crippen LogP contribution >= 0.6 is 0 Å². The van der Waals surface area contributed by atoms with Crippen LogP contribution in [0.15, 0.2) is 0 Å². The maximum atomic E-state index is 9.23.